The van der Waals surface area contributed by atoms with Crippen LogP contribution in [-0.2, 0) is 25.9 Å². The van der Waals surface area contributed by atoms with Crippen LogP contribution in [0.4, 0.5) is 0 Å². The summed E-state index contributed by atoms with van der Waals surface area (Å²) in [5, 5.41) is 0. The molecule has 208 valence electrons. The summed E-state index contributed by atoms with van der Waals surface area (Å²) in [6.07, 6.45) is 35.0. The Bertz CT molecular complexity index is 703. The lowest BCUT2D eigenvalue weighted by Gasteiger charge is -2.07. The maximum atomic E-state index is 4.43. The van der Waals surface area contributed by atoms with Gasteiger partial charge in [0, 0.05) is 50.7 Å². The zero-order chi connectivity index (χ0) is 26.1. The molecule has 0 saturated heterocycles. The van der Waals surface area contributed by atoms with Gasteiger partial charge in [-0.05, 0) is 25.7 Å². The van der Waals surface area contributed by atoms with Crippen LogP contribution in [0.25, 0.3) is 0 Å². The van der Waals surface area contributed by atoms with Crippen molar-refractivity contribution in [2.45, 2.75) is 169 Å². The first kappa shape index (κ1) is 32.4. The van der Waals surface area contributed by atoms with Crippen molar-refractivity contribution in [3.8, 4) is 0 Å². The van der Waals surface area contributed by atoms with Gasteiger partial charge in [-0.25, -0.2) is 9.97 Å². The van der Waals surface area contributed by atoms with Crippen LogP contribution < -0.4 is 0 Å². The standard InChI is InChI=1S/C18H34N2.C14H26N2/c1-3-5-6-7-8-9-10-11-12-13-16-20-17-15-19-18(20)14-4-2;1-3-5-6-7-8-9-12-16-13-11-15-14(16)10-4-2/h15,17H,3-14,16H2,1-2H3;11,13H,3-10,12H2,1-2H3. The molecule has 4 heteroatoms. The van der Waals surface area contributed by atoms with Gasteiger partial charge in [-0.3, -0.25) is 0 Å². The maximum absolute atomic E-state index is 4.43. The lowest BCUT2D eigenvalue weighted by molar-refractivity contribution is 0.527. The fourth-order valence-electron chi connectivity index (χ4n) is 4.82. The maximum Gasteiger partial charge on any atom is 0.108 e. The van der Waals surface area contributed by atoms with Crippen molar-refractivity contribution >= 4 is 0 Å². The van der Waals surface area contributed by atoms with Crippen molar-refractivity contribution in [1.82, 2.24) is 19.1 Å². The summed E-state index contributed by atoms with van der Waals surface area (Å²) in [7, 11) is 0. The molecule has 0 aromatic carbocycles. The normalized spacial score (nSPS) is 11.0. The third-order valence-electron chi connectivity index (χ3n) is 7.06. The van der Waals surface area contributed by atoms with Crippen molar-refractivity contribution < 1.29 is 0 Å². The van der Waals surface area contributed by atoms with Gasteiger partial charge in [-0.2, -0.15) is 0 Å². The monoisotopic (exact) mass is 500 g/mol. The van der Waals surface area contributed by atoms with Crippen LogP contribution in [-0.4, -0.2) is 19.1 Å². The van der Waals surface area contributed by atoms with E-state index in [-0.39, 0.29) is 0 Å². The van der Waals surface area contributed by atoms with Gasteiger partial charge in [-0.1, -0.05) is 118 Å². The number of imidazole rings is 2. The molecule has 0 aliphatic carbocycles. The fourth-order valence-corrected chi connectivity index (χ4v) is 4.82. The molecule has 2 aromatic heterocycles. The number of rotatable bonds is 22. The molecular weight excluding hydrogens is 440 g/mol. The van der Waals surface area contributed by atoms with Crippen LogP contribution in [0.2, 0.25) is 0 Å². The quantitative estimate of drug-likeness (QED) is 0.151. The van der Waals surface area contributed by atoms with Crippen LogP contribution in [0.1, 0.15) is 155 Å². The second-order valence-electron chi connectivity index (χ2n) is 10.5. The molecule has 0 amide bonds. The average Bonchev–Trinajstić information content (AvgIpc) is 3.52. The molecule has 36 heavy (non-hydrogen) atoms. The molecule has 0 spiro atoms. The first-order valence-electron chi connectivity index (χ1n) is 15.8. The second-order valence-corrected chi connectivity index (χ2v) is 10.5. The Morgan fingerprint density at radius 1 is 0.444 bits per heavy atom. The van der Waals surface area contributed by atoms with Crippen LogP contribution >= 0.6 is 0 Å². The predicted octanol–water partition coefficient (Wildman–Crippen LogP) is 9.95. The highest BCUT2D eigenvalue weighted by Gasteiger charge is 2.02. The Morgan fingerprint density at radius 2 is 0.778 bits per heavy atom. The highest BCUT2D eigenvalue weighted by atomic mass is 15.1. The summed E-state index contributed by atoms with van der Waals surface area (Å²) in [6, 6.07) is 0. The molecule has 2 rings (SSSR count). The highest BCUT2D eigenvalue weighted by molar-refractivity contribution is 4.92. The third-order valence-corrected chi connectivity index (χ3v) is 7.06. The van der Waals surface area contributed by atoms with E-state index in [0.717, 1.165) is 25.9 Å². The number of nitrogens with zero attached hydrogens (tertiary/aromatic N) is 4. The minimum Gasteiger partial charge on any atom is -0.335 e. The van der Waals surface area contributed by atoms with E-state index < -0.39 is 0 Å². The molecule has 0 fully saturated rings. The van der Waals surface area contributed by atoms with Gasteiger partial charge in [0.05, 0.1) is 0 Å². The zero-order valence-electron chi connectivity index (χ0n) is 24.7. The SMILES string of the molecule is CCCCCCCCCCCCn1ccnc1CCC.CCCCCCCCn1ccnc1CCC. The van der Waals surface area contributed by atoms with E-state index in [1.54, 1.807) is 0 Å². The average molecular weight is 501 g/mol. The summed E-state index contributed by atoms with van der Waals surface area (Å²) >= 11 is 0. The van der Waals surface area contributed by atoms with E-state index in [4.69, 9.17) is 0 Å². The van der Waals surface area contributed by atoms with Crippen LogP contribution in [0.3, 0.4) is 0 Å². The van der Waals surface area contributed by atoms with E-state index >= 15 is 0 Å². The topological polar surface area (TPSA) is 35.6 Å². The molecule has 0 aliphatic heterocycles. The van der Waals surface area contributed by atoms with Crippen molar-refractivity contribution in [1.29, 1.82) is 0 Å². The van der Waals surface area contributed by atoms with Crippen LogP contribution in [0, 0.1) is 0 Å². The van der Waals surface area contributed by atoms with Crippen molar-refractivity contribution in [2.24, 2.45) is 0 Å². The number of hydrogen-bond acceptors (Lipinski definition) is 2. The molecule has 0 bridgehead atoms. The summed E-state index contributed by atoms with van der Waals surface area (Å²) in [5.74, 6) is 2.53. The Kier molecular flexibility index (Phi) is 21.4. The number of unbranched alkanes of at least 4 members (excludes halogenated alkanes) is 14. The van der Waals surface area contributed by atoms with E-state index in [9.17, 15) is 0 Å². The number of aromatic nitrogens is 4. The third kappa shape index (κ3) is 16.2. The van der Waals surface area contributed by atoms with Gasteiger partial charge in [0.1, 0.15) is 11.6 Å². The first-order chi connectivity index (χ1) is 17.8. The Labute approximate surface area is 224 Å². The fraction of sp³-hybridized carbons (Fsp3) is 0.812. The molecule has 0 atom stereocenters. The van der Waals surface area contributed by atoms with E-state index in [2.05, 4.69) is 59.2 Å². The lowest BCUT2D eigenvalue weighted by atomic mass is 10.1. The Morgan fingerprint density at radius 3 is 1.11 bits per heavy atom. The van der Waals surface area contributed by atoms with Gasteiger partial charge in [-0.15, -0.1) is 0 Å². The van der Waals surface area contributed by atoms with E-state index in [0.29, 0.717) is 0 Å². The van der Waals surface area contributed by atoms with Crippen LogP contribution in [0.15, 0.2) is 24.8 Å². The number of aryl methyl sites for hydroxylation is 4. The number of hydrogen-bond donors (Lipinski definition) is 0. The molecule has 2 heterocycles. The summed E-state index contributed by atoms with van der Waals surface area (Å²) in [4.78, 5) is 8.83. The van der Waals surface area contributed by atoms with Gasteiger partial charge < -0.3 is 9.13 Å². The van der Waals surface area contributed by atoms with Crippen molar-refractivity contribution in [3.63, 3.8) is 0 Å². The van der Waals surface area contributed by atoms with Gasteiger partial charge >= 0.3 is 0 Å². The van der Waals surface area contributed by atoms with Gasteiger partial charge in [0.25, 0.3) is 0 Å². The second kappa shape index (κ2) is 23.8. The Hall–Kier alpha value is -1.58. The Balaban J connectivity index is 0.000000369. The molecule has 0 saturated carbocycles. The van der Waals surface area contributed by atoms with Crippen LogP contribution in [0.5, 0.6) is 0 Å². The summed E-state index contributed by atoms with van der Waals surface area (Å²) < 4.78 is 4.66. The zero-order valence-corrected chi connectivity index (χ0v) is 24.7. The van der Waals surface area contributed by atoms with Crippen molar-refractivity contribution in [3.05, 3.63) is 36.4 Å². The highest BCUT2D eigenvalue weighted by Crippen LogP contribution is 2.12. The summed E-state index contributed by atoms with van der Waals surface area (Å²) in [5.41, 5.74) is 0. The molecule has 4 nitrogen and oxygen atoms in total. The predicted molar refractivity (Wildman–Crippen MR) is 158 cm³/mol. The molecule has 0 radical (unpaired) electrons. The lowest BCUT2D eigenvalue weighted by Crippen LogP contribution is -2.03. The van der Waals surface area contributed by atoms with Gasteiger partial charge in [0.2, 0.25) is 0 Å². The first-order valence-corrected chi connectivity index (χ1v) is 15.8. The molecular formula is C32H60N4. The summed E-state index contributed by atoms with van der Waals surface area (Å²) in [6.45, 7) is 11.3. The molecule has 0 aliphatic rings. The molecule has 2 aromatic rings. The molecule has 0 unspecified atom stereocenters. The molecule has 0 N–H and O–H groups in total. The van der Waals surface area contributed by atoms with Crippen molar-refractivity contribution in [2.75, 3.05) is 0 Å². The smallest absolute Gasteiger partial charge is 0.108 e. The van der Waals surface area contributed by atoms with E-state index in [1.165, 1.54) is 127 Å². The minimum atomic E-state index is 1.11. The van der Waals surface area contributed by atoms with E-state index in [1.807, 2.05) is 12.4 Å². The minimum absolute atomic E-state index is 1.11. The van der Waals surface area contributed by atoms with Gasteiger partial charge in [0.15, 0.2) is 0 Å². The largest absolute Gasteiger partial charge is 0.335 e.